The fourth-order valence-electron chi connectivity index (χ4n) is 3.37. The molecule has 8 nitrogen and oxygen atoms in total. The van der Waals surface area contributed by atoms with E-state index in [4.69, 9.17) is 14.2 Å². The van der Waals surface area contributed by atoms with Crippen LogP contribution in [0.3, 0.4) is 0 Å². The zero-order chi connectivity index (χ0) is 22.8. The average Bonchev–Trinajstić information content (AvgIpc) is 2.81. The molecule has 0 fully saturated rings. The van der Waals surface area contributed by atoms with Crippen LogP contribution in [-0.4, -0.2) is 57.9 Å². The summed E-state index contributed by atoms with van der Waals surface area (Å²) in [7, 11) is 1.63. The Bertz CT molecular complexity index is 918. The van der Waals surface area contributed by atoms with E-state index >= 15 is 0 Å². The molecule has 1 atom stereocenters. The van der Waals surface area contributed by atoms with Crippen molar-refractivity contribution in [2.75, 3.05) is 44.8 Å². The zero-order valence-electron chi connectivity index (χ0n) is 19.0. The second kappa shape index (κ2) is 11.8. The molecular formula is C24H32N4O4. The van der Waals surface area contributed by atoms with Crippen LogP contribution in [0.5, 0.6) is 17.2 Å². The Morgan fingerprint density at radius 3 is 2.69 bits per heavy atom. The fraction of sp³-hybridized carbons (Fsp3) is 0.417. The van der Waals surface area contributed by atoms with E-state index in [2.05, 4.69) is 15.6 Å². The standard InChI is InChI=1S/C24H32N4O4/c1-4-25-24(27-16-18(2)32-22-13-8-7-12-21(22)30-3)26-14-9-15-28-19-10-5-6-11-20(19)31-17-23(28)29/h5-8,10-13,18H,4,9,14-17H2,1-3H3,(H2,25,26,27). The van der Waals surface area contributed by atoms with Gasteiger partial charge in [0, 0.05) is 19.6 Å². The summed E-state index contributed by atoms with van der Waals surface area (Å²) >= 11 is 0. The molecule has 0 aromatic heterocycles. The van der Waals surface area contributed by atoms with Gasteiger partial charge in [-0.1, -0.05) is 24.3 Å². The van der Waals surface area contributed by atoms with Crippen LogP contribution in [0.4, 0.5) is 5.69 Å². The predicted molar refractivity (Wildman–Crippen MR) is 126 cm³/mol. The Morgan fingerprint density at radius 1 is 1.16 bits per heavy atom. The van der Waals surface area contributed by atoms with E-state index in [9.17, 15) is 4.79 Å². The summed E-state index contributed by atoms with van der Waals surface area (Å²) in [6.07, 6.45) is 0.654. The zero-order valence-corrected chi connectivity index (χ0v) is 19.0. The number of methoxy groups -OCH3 is 1. The molecule has 2 N–H and O–H groups in total. The molecule has 0 radical (unpaired) electrons. The minimum Gasteiger partial charge on any atom is -0.493 e. The summed E-state index contributed by atoms with van der Waals surface area (Å²) in [6, 6.07) is 15.2. The summed E-state index contributed by atoms with van der Waals surface area (Å²) in [4.78, 5) is 18.7. The van der Waals surface area contributed by atoms with E-state index in [1.54, 1.807) is 12.0 Å². The first kappa shape index (κ1) is 23.2. The van der Waals surface area contributed by atoms with E-state index < -0.39 is 0 Å². The van der Waals surface area contributed by atoms with Gasteiger partial charge in [0.05, 0.1) is 19.3 Å². The van der Waals surface area contributed by atoms with Gasteiger partial charge in [-0.2, -0.15) is 0 Å². The molecule has 2 aromatic rings. The van der Waals surface area contributed by atoms with E-state index in [1.165, 1.54) is 0 Å². The number of nitrogens with one attached hydrogen (secondary N) is 2. The molecule has 0 saturated carbocycles. The SMILES string of the molecule is CCNC(=NCC(C)Oc1ccccc1OC)NCCCN1C(=O)COc2ccccc21. The first-order valence-electron chi connectivity index (χ1n) is 11.0. The van der Waals surface area contributed by atoms with Gasteiger partial charge >= 0.3 is 0 Å². The molecule has 0 spiro atoms. The molecule has 1 aliphatic heterocycles. The van der Waals surface area contributed by atoms with Gasteiger partial charge in [0.2, 0.25) is 0 Å². The van der Waals surface area contributed by atoms with Gasteiger partial charge in [0.25, 0.3) is 5.91 Å². The van der Waals surface area contributed by atoms with Gasteiger partial charge in [-0.15, -0.1) is 0 Å². The Hall–Kier alpha value is -3.42. The molecule has 1 amide bonds. The second-order valence-electron chi connectivity index (χ2n) is 7.38. The summed E-state index contributed by atoms with van der Waals surface area (Å²) in [5.74, 6) is 2.85. The molecule has 0 saturated heterocycles. The number of rotatable bonds is 10. The molecule has 32 heavy (non-hydrogen) atoms. The molecule has 3 rings (SSSR count). The van der Waals surface area contributed by atoms with Crippen molar-refractivity contribution in [3.8, 4) is 17.2 Å². The maximum absolute atomic E-state index is 12.3. The lowest BCUT2D eigenvalue weighted by molar-refractivity contribution is -0.121. The highest BCUT2D eigenvalue weighted by Crippen LogP contribution is 2.31. The van der Waals surface area contributed by atoms with Crippen molar-refractivity contribution in [2.24, 2.45) is 4.99 Å². The van der Waals surface area contributed by atoms with Gasteiger partial charge in [-0.25, -0.2) is 4.99 Å². The number of hydrogen-bond acceptors (Lipinski definition) is 5. The smallest absolute Gasteiger partial charge is 0.265 e. The van der Waals surface area contributed by atoms with Crippen LogP contribution in [0.25, 0.3) is 0 Å². The minimum atomic E-state index is -0.121. The molecule has 0 aliphatic carbocycles. The van der Waals surface area contributed by atoms with E-state index in [1.807, 2.05) is 62.4 Å². The highest BCUT2D eigenvalue weighted by molar-refractivity contribution is 5.97. The summed E-state index contributed by atoms with van der Waals surface area (Å²) in [5.41, 5.74) is 0.826. The number of fused-ring (bicyclic) bond motifs is 1. The predicted octanol–water partition coefficient (Wildman–Crippen LogP) is 2.83. The number of anilines is 1. The molecule has 172 valence electrons. The second-order valence-corrected chi connectivity index (χ2v) is 7.38. The maximum Gasteiger partial charge on any atom is 0.265 e. The van der Waals surface area contributed by atoms with Crippen molar-refractivity contribution >= 4 is 17.6 Å². The number of carbonyl (C=O) groups excluding carboxylic acids is 1. The van der Waals surface area contributed by atoms with E-state index in [0.29, 0.717) is 31.1 Å². The highest BCUT2D eigenvalue weighted by Gasteiger charge is 2.24. The third kappa shape index (κ3) is 6.29. The molecule has 1 unspecified atom stereocenters. The first-order valence-corrected chi connectivity index (χ1v) is 11.0. The summed E-state index contributed by atoms with van der Waals surface area (Å²) < 4.78 is 16.8. The van der Waals surface area contributed by atoms with Crippen LogP contribution in [0.15, 0.2) is 53.5 Å². The number of nitrogens with zero attached hydrogens (tertiary/aromatic N) is 2. The van der Waals surface area contributed by atoms with Crippen LogP contribution in [0.1, 0.15) is 20.3 Å². The number of hydrogen-bond donors (Lipinski definition) is 2. The average molecular weight is 441 g/mol. The fourth-order valence-corrected chi connectivity index (χ4v) is 3.37. The number of benzene rings is 2. The minimum absolute atomic E-state index is 0.0217. The summed E-state index contributed by atoms with van der Waals surface area (Å²) in [6.45, 7) is 6.61. The van der Waals surface area contributed by atoms with Crippen LogP contribution < -0.4 is 29.7 Å². The van der Waals surface area contributed by atoms with Crippen LogP contribution in [0, 0.1) is 0 Å². The van der Waals surface area contributed by atoms with Crippen molar-refractivity contribution in [1.29, 1.82) is 0 Å². The normalized spacial score (nSPS) is 14.3. The number of amides is 1. The van der Waals surface area contributed by atoms with Gasteiger partial charge in [-0.3, -0.25) is 4.79 Å². The quantitative estimate of drug-likeness (QED) is 0.336. The van der Waals surface area contributed by atoms with Crippen molar-refractivity contribution in [2.45, 2.75) is 26.4 Å². The number of ether oxygens (including phenoxy) is 3. The van der Waals surface area contributed by atoms with E-state index in [-0.39, 0.29) is 18.6 Å². The largest absolute Gasteiger partial charge is 0.493 e. The lowest BCUT2D eigenvalue weighted by Crippen LogP contribution is -2.42. The topological polar surface area (TPSA) is 84.4 Å². The third-order valence-corrected chi connectivity index (χ3v) is 4.91. The number of carbonyl (C=O) groups is 1. The van der Waals surface area contributed by atoms with Crippen molar-refractivity contribution < 1.29 is 19.0 Å². The lowest BCUT2D eigenvalue weighted by atomic mass is 10.2. The molecule has 1 aliphatic rings. The number of aliphatic imine (C=N–C) groups is 1. The van der Waals surface area contributed by atoms with E-state index in [0.717, 1.165) is 30.4 Å². The summed E-state index contributed by atoms with van der Waals surface area (Å²) in [5, 5.41) is 6.58. The Labute approximate surface area is 189 Å². The third-order valence-electron chi connectivity index (χ3n) is 4.91. The van der Waals surface area contributed by atoms with Crippen LogP contribution >= 0.6 is 0 Å². The Morgan fingerprint density at radius 2 is 1.91 bits per heavy atom. The monoisotopic (exact) mass is 440 g/mol. The number of guanidine groups is 1. The van der Waals surface area contributed by atoms with Gasteiger partial charge in [-0.05, 0) is 44.5 Å². The van der Waals surface area contributed by atoms with Gasteiger partial charge in [0.15, 0.2) is 24.1 Å². The highest BCUT2D eigenvalue weighted by atomic mass is 16.5. The van der Waals surface area contributed by atoms with Crippen molar-refractivity contribution in [1.82, 2.24) is 10.6 Å². The molecule has 8 heteroatoms. The van der Waals surface area contributed by atoms with Crippen molar-refractivity contribution in [3.05, 3.63) is 48.5 Å². The molecular weight excluding hydrogens is 408 g/mol. The first-order chi connectivity index (χ1) is 15.6. The molecule has 2 aromatic carbocycles. The van der Waals surface area contributed by atoms with Gasteiger partial charge in [0.1, 0.15) is 11.9 Å². The Kier molecular flexibility index (Phi) is 8.60. The van der Waals surface area contributed by atoms with Crippen molar-refractivity contribution in [3.63, 3.8) is 0 Å². The maximum atomic E-state index is 12.3. The number of para-hydroxylation sites is 4. The molecule has 1 heterocycles. The Balaban J connectivity index is 1.49. The van der Waals surface area contributed by atoms with Gasteiger partial charge < -0.3 is 29.7 Å². The van der Waals surface area contributed by atoms with Crippen LogP contribution in [0.2, 0.25) is 0 Å². The van der Waals surface area contributed by atoms with Crippen LogP contribution in [-0.2, 0) is 4.79 Å². The lowest BCUT2D eigenvalue weighted by Gasteiger charge is -2.29. The molecule has 0 bridgehead atoms.